The van der Waals surface area contributed by atoms with Crippen LogP contribution in [-0.4, -0.2) is 30.0 Å². The maximum absolute atomic E-state index is 11.9. The standard InChI is InChI=1S/C11H16N2O3/c1-5-7(2)10(14)9-11(16-4)13-8(15-3)6-12-9/h6-7H,5H2,1-4H3. The summed E-state index contributed by atoms with van der Waals surface area (Å²) in [5.74, 6) is 0.397. The first-order chi connectivity index (χ1) is 7.63. The Balaban J connectivity index is 3.08. The maximum atomic E-state index is 11.9. The summed E-state index contributed by atoms with van der Waals surface area (Å²) in [4.78, 5) is 20.0. The van der Waals surface area contributed by atoms with E-state index in [0.29, 0.717) is 5.88 Å². The lowest BCUT2D eigenvalue weighted by atomic mass is 10.0. The van der Waals surface area contributed by atoms with Crippen LogP contribution in [0.1, 0.15) is 30.8 Å². The van der Waals surface area contributed by atoms with Crippen molar-refractivity contribution >= 4 is 5.78 Å². The minimum atomic E-state index is -0.0865. The molecule has 1 aromatic rings. The van der Waals surface area contributed by atoms with Crippen LogP contribution >= 0.6 is 0 Å². The topological polar surface area (TPSA) is 61.3 Å². The van der Waals surface area contributed by atoms with Gasteiger partial charge in [-0.15, -0.1) is 0 Å². The molecule has 0 radical (unpaired) electrons. The van der Waals surface area contributed by atoms with Crippen LogP contribution in [0.2, 0.25) is 0 Å². The van der Waals surface area contributed by atoms with E-state index in [1.165, 1.54) is 20.4 Å². The van der Waals surface area contributed by atoms with Gasteiger partial charge in [0.15, 0.2) is 11.5 Å². The van der Waals surface area contributed by atoms with Gasteiger partial charge in [-0.3, -0.25) is 4.79 Å². The van der Waals surface area contributed by atoms with Gasteiger partial charge < -0.3 is 9.47 Å². The van der Waals surface area contributed by atoms with Gasteiger partial charge in [0, 0.05) is 5.92 Å². The van der Waals surface area contributed by atoms with Crippen LogP contribution in [0.25, 0.3) is 0 Å². The van der Waals surface area contributed by atoms with Gasteiger partial charge in [0.2, 0.25) is 11.8 Å². The highest BCUT2D eigenvalue weighted by molar-refractivity contribution is 5.97. The van der Waals surface area contributed by atoms with Gasteiger partial charge in [0.25, 0.3) is 0 Å². The lowest BCUT2D eigenvalue weighted by Crippen LogP contribution is -2.14. The molecule has 1 rings (SSSR count). The van der Waals surface area contributed by atoms with Crippen molar-refractivity contribution in [2.24, 2.45) is 5.92 Å². The number of carbonyl (C=O) groups is 1. The van der Waals surface area contributed by atoms with Crippen molar-refractivity contribution in [3.05, 3.63) is 11.9 Å². The Labute approximate surface area is 94.8 Å². The van der Waals surface area contributed by atoms with Crippen molar-refractivity contribution in [1.29, 1.82) is 0 Å². The van der Waals surface area contributed by atoms with Gasteiger partial charge in [-0.1, -0.05) is 13.8 Å². The molecule has 0 aliphatic heterocycles. The highest BCUT2D eigenvalue weighted by Crippen LogP contribution is 2.20. The number of rotatable bonds is 5. The second-order valence-electron chi connectivity index (χ2n) is 3.44. The zero-order valence-electron chi connectivity index (χ0n) is 9.98. The first kappa shape index (κ1) is 12.4. The summed E-state index contributed by atoms with van der Waals surface area (Å²) in [6.45, 7) is 3.81. The van der Waals surface area contributed by atoms with E-state index < -0.39 is 0 Å². The third kappa shape index (κ3) is 2.48. The number of ether oxygens (including phenoxy) is 2. The molecule has 0 aliphatic carbocycles. The predicted molar refractivity (Wildman–Crippen MR) is 58.9 cm³/mol. The summed E-state index contributed by atoms with van der Waals surface area (Å²) in [5, 5.41) is 0. The van der Waals surface area contributed by atoms with Crippen LogP contribution in [0.3, 0.4) is 0 Å². The van der Waals surface area contributed by atoms with Gasteiger partial charge in [0.05, 0.1) is 20.4 Å². The highest BCUT2D eigenvalue weighted by Gasteiger charge is 2.21. The molecule has 0 bridgehead atoms. The van der Waals surface area contributed by atoms with E-state index in [1.807, 2.05) is 13.8 Å². The molecule has 1 heterocycles. The minimum Gasteiger partial charge on any atom is -0.480 e. The molecule has 5 heteroatoms. The predicted octanol–water partition coefficient (Wildman–Crippen LogP) is 1.72. The Bertz CT molecular complexity index is 379. The largest absolute Gasteiger partial charge is 0.480 e. The Morgan fingerprint density at radius 1 is 1.44 bits per heavy atom. The molecule has 1 aromatic heterocycles. The second-order valence-corrected chi connectivity index (χ2v) is 3.44. The van der Waals surface area contributed by atoms with Crippen LogP contribution in [0, 0.1) is 5.92 Å². The monoisotopic (exact) mass is 224 g/mol. The fourth-order valence-electron chi connectivity index (χ4n) is 1.19. The van der Waals surface area contributed by atoms with Crippen LogP contribution in [-0.2, 0) is 0 Å². The lowest BCUT2D eigenvalue weighted by Gasteiger charge is -2.10. The third-order valence-corrected chi connectivity index (χ3v) is 2.41. The molecule has 88 valence electrons. The van der Waals surface area contributed by atoms with Crippen molar-refractivity contribution in [3.63, 3.8) is 0 Å². The van der Waals surface area contributed by atoms with E-state index in [1.54, 1.807) is 0 Å². The van der Waals surface area contributed by atoms with Crippen LogP contribution in [0.4, 0.5) is 0 Å². The molecule has 0 N–H and O–H groups in total. The summed E-state index contributed by atoms with van der Waals surface area (Å²) >= 11 is 0. The van der Waals surface area contributed by atoms with Crippen molar-refractivity contribution in [2.75, 3.05) is 14.2 Å². The number of ketones is 1. The van der Waals surface area contributed by atoms with Crippen LogP contribution in [0.15, 0.2) is 6.20 Å². The summed E-state index contributed by atoms with van der Waals surface area (Å²) in [6.07, 6.45) is 2.17. The van der Waals surface area contributed by atoms with E-state index in [9.17, 15) is 4.79 Å². The zero-order chi connectivity index (χ0) is 12.1. The minimum absolute atomic E-state index is 0.0606. The summed E-state index contributed by atoms with van der Waals surface area (Å²) in [5.41, 5.74) is 0.262. The number of methoxy groups -OCH3 is 2. The second kappa shape index (κ2) is 5.44. The number of hydrogen-bond acceptors (Lipinski definition) is 5. The molecular formula is C11H16N2O3. The van der Waals surface area contributed by atoms with Crippen LogP contribution < -0.4 is 9.47 Å². The molecular weight excluding hydrogens is 208 g/mol. The number of carbonyl (C=O) groups excluding carboxylic acids is 1. The summed E-state index contributed by atoms with van der Waals surface area (Å²) < 4.78 is 9.94. The molecule has 0 amide bonds. The maximum Gasteiger partial charge on any atom is 0.246 e. The van der Waals surface area contributed by atoms with E-state index in [4.69, 9.17) is 9.47 Å². The van der Waals surface area contributed by atoms with Gasteiger partial charge in [-0.2, -0.15) is 4.98 Å². The number of Topliss-reactive ketones (excluding diaryl/α,β-unsaturated/α-hetero) is 1. The fourth-order valence-corrected chi connectivity index (χ4v) is 1.19. The van der Waals surface area contributed by atoms with E-state index in [2.05, 4.69) is 9.97 Å². The molecule has 5 nitrogen and oxygen atoms in total. The average molecular weight is 224 g/mol. The molecule has 1 unspecified atom stereocenters. The normalized spacial score (nSPS) is 12.0. The number of hydrogen-bond donors (Lipinski definition) is 0. The molecule has 16 heavy (non-hydrogen) atoms. The summed E-state index contributed by atoms with van der Waals surface area (Å²) in [6, 6.07) is 0. The average Bonchev–Trinajstić information content (AvgIpc) is 2.35. The Morgan fingerprint density at radius 3 is 2.62 bits per heavy atom. The molecule has 1 atom stereocenters. The molecule has 0 spiro atoms. The van der Waals surface area contributed by atoms with Gasteiger partial charge >= 0.3 is 0 Å². The molecule has 0 fully saturated rings. The SMILES string of the molecule is CCC(C)C(=O)c1ncc(OC)nc1OC. The van der Waals surface area contributed by atoms with Crippen molar-refractivity contribution < 1.29 is 14.3 Å². The van der Waals surface area contributed by atoms with E-state index in [-0.39, 0.29) is 23.3 Å². The molecule has 0 aromatic carbocycles. The lowest BCUT2D eigenvalue weighted by molar-refractivity contribution is 0.0917. The quantitative estimate of drug-likeness (QED) is 0.713. The molecule has 0 aliphatic rings. The smallest absolute Gasteiger partial charge is 0.246 e. The first-order valence-electron chi connectivity index (χ1n) is 5.13. The number of aromatic nitrogens is 2. The van der Waals surface area contributed by atoms with Gasteiger partial charge in [-0.05, 0) is 6.42 Å². The van der Waals surface area contributed by atoms with Crippen LogP contribution in [0.5, 0.6) is 11.8 Å². The number of nitrogens with zero attached hydrogens (tertiary/aromatic N) is 2. The molecule has 0 saturated carbocycles. The summed E-state index contributed by atoms with van der Waals surface area (Å²) in [7, 11) is 2.94. The van der Waals surface area contributed by atoms with Crippen molar-refractivity contribution in [2.45, 2.75) is 20.3 Å². The zero-order valence-corrected chi connectivity index (χ0v) is 9.98. The van der Waals surface area contributed by atoms with Gasteiger partial charge in [-0.25, -0.2) is 4.98 Å². The highest BCUT2D eigenvalue weighted by atomic mass is 16.5. The van der Waals surface area contributed by atoms with Gasteiger partial charge in [0.1, 0.15) is 0 Å². The van der Waals surface area contributed by atoms with E-state index >= 15 is 0 Å². The Hall–Kier alpha value is -1.65. The molecule has 0 saturated heterocycles. The fraction of sp³-hybridized carbons (Fsp3) is 0.545. The van der Waals surface area contributed by atoms with Crippen molar-refractivity contribution in [1.82, 2.24) is 9.97 Å². The Morgan fingerprint density at radius 2 is 2.12 bits per heavy atom. The van der Waals surface area contributed by atoms with E-state index in [0.717, 1.165) is 6.42 Å². The van der Waals surface area contributed by atoms with Crippen molar-refractivity contribution in [3.8, 4) is 11.8 Å². The Kier molecular flexibility index (Phi) is 4.22. The first-order valence-corrected chi connectivity index (χ1v) is 5.13. The third-order valence-electron chi connectivity index (χ3n) is 2.41.